The number of carbonyl (C=O) groups is 1. The third-order valence-corrected chi connectivity index (χ3v) is 7.33. The molecule has 0 N–H and O–H groups in total. The van der Waals surface area contributed by atoms with E-state index in [1.54, 1.807) is 0 Å². The van der Waals surface area contributed by atoms with E-state index in [0.717, 1.165) is 50.8 Å². The molecule has 4 aliphatic rings. The zero-order chi connectivity index (χ0) is 21.6. The minimum Gasteiger partial charge on any atom is -0.420 e. The first-order chi connectivity index (χ1) is 15.2. The van der Waals surface area contributed by atoms with Crippen LogP contribution in [0.1, 0.15) is 84.5 Å². The van der Waals surface area contributed by atoms with Crippen molar-refractivity contribution in [3.63, 3.8) is 0 Å². The molecule has 5 nitrogen and oxygen atoms in total. The predicted octanol–water partition coefficient (Wildman–Crippen LogP) is 5.35. The lowest BCUT2D eigenvalue weighted by Crippen LogP contribution is -2.41. The van der Waals surface area contributed by atoms with E-state index < -0.39 is 0 Å². The van der Waals surface area contributed by atoms with Gasteiger partial charge in [0.25, 0.3) is 5.91 Å². The van der Waals surface area contributed by atoms with E-state index in [0.29, 0.717) is 23.9 Å². The average molecular weight is 426 g/mol. The van der Waals surface area contributed by atoms with Crippen LogP contribution in [-0.2, 0) is 9.53 Å². The summed E-state index contributed by atoms with van der Waals surface area (Å²) in [6.45, 7) is 6.51. The molecule has 31 heavy (non-hydrogen) atoms. The van der Waals surface area contributed by atoms with Gasteiger partial charge < -0.3 is 4.74 Å². The summed E-state index contributed by atoms with van der Waals surface area (Å²) in [7, 11) is 0. The molecule has 0 aromatic rings. The molecule has 1 aliphatic heterocycles. The van der Waals surface area contributed by atoms with Crippen LogP contribution in [0.2, 0.25) is 0 Å². The second-order valence-electron chi connectivity index (χ2n) is 9.37. The number of aliphatic imine (C=N–C) groups is 1. The first kappa shape index (κ1) is 22.3. The standard InChI is InChI=1S/C26H39N3O2/c1-3-28(4-2)22-17-15-20(16-18-22)19-24-25(30)29(23-13-9-6-10-14-23)26(31-24)27-21-11-7-5-8-12-21/h15-17,19,21-23H,3-14,18H2,1-2H3/b24-19+,27-26?. The molecule has 0 spiro atoms. The molecular formula is C26H39N3O2. The van der Waals surface area contributed by atoms with E-state index in [1.165, 1.54) is 38.5 Å². The maximum atomic E-state index is 13.4. The minimum absolute atomic E-state index is 0.00151. The van der Waals surface area contributed by atoms with Crippen LogP contribution in [0, 0.1) is 0 Å². The van der Waals surface area contributed by atoms with Gasteiger partial charge in [-0.15, -0.1) is 0 Å². The fourth-order valence-corrected chi connectivity index (χ4v) is 5.45. The number of ether oxygens (including phenoxy) is 1. The quantitative estimate of drug-likeness (QED) is 0.539. The molecule has 0 bridgehead atoms. The van der Waals surface area contributed by atoms with Gasteiger partial charge in [-0.2, -0.15) is 0 Å². The van der Waals surface area contributed by atoms with Crippen LogP contribution in [0.3, 0.4) is 0 Å². The topological polar surface area (TPSA) is 45.1 Å². The summed E-state index contributed by atoms with van der Waals surface area (Å²) in [6.07, 6.45) is 21.3. The van der Waals surface area contributed by atoms with Gasteiger partial charge in [0.2, 0.25) is 0 Å². The molecule has 4 rings (SSSR count). The van der Waals surface area contributed by atoms with Crippen LogP contribution in [0.5, 0.6) is 0 Å². The van der Waals surface area contributed by atoms with Gasteiger partial charge in [0.15, 0.2) is 5.76 Å². The lowest BCUT2D eigenvalue weighted by molar-refractivity contribution is -0.124. The zero-order valence-electron chi connectivity index (χ0n) is 19.4. The molecule has 1 heterocycles. The Bertz CT molecular complexity index is 751. The number of rotatable bonds is 6. The van der Waals surface area contributed by atoms with E-state index in [-0.39, 0.29) is 11.9 Å². The Balaban J connectivity index is 1.52. The Hall–Kier alpha value is -1.88. The summed E-state index contributed by atoms with van der Waals surface area (Å²) >= 11 is 0. The van der Waals surface area contributed by atoms with Crippen molar-refractivity contribution in [2.45, 2.75) is 103 Å². The van der Waals surface area contributed by atoms with Crippen molar-refractivity contribution in [3.8, 4) is 0 Å². The molecule has 1 saturated heterocycles. The van der Waals surface area contributed by atoms with E-state index in [9.17, 15) is 4.79 Å². The van der Waals surface area contributed by atoms with Crippen LogP contribution in [0.4, 0.5) is 0 Å². The maximum absolute atomic E-state index is 13.4. The lowest BCUT2D eigenvalue weighted by atomic mass is 9.94. The first-order valence-corrected chi connectivity index (χ1v) is 12.6. The molecule has 2 saturated carbocycles. The molecule has 0 aromatic heterocycles. The van der Waals surface area contributed by atoms with Gasteiger partial charge in [-0.05, 0) is 56.8 Å². The Kier molecular flexibility index (Phi) is 7.65. The fourth-order valence-electron chi connectivity index (χ4n) is 5.45. The van der Waals surface area contributed by atoms with Crippen LogP contribution < -0.4 is 0 Å². The predicted molar refractivity (Wildman–Crippen MR) is 126 cm³/mol. The molecular weight excluding hydrogens is 386 g/mol. The van der Waals surface area contributed by atoms with Crippen LogP contribution in [0.15, 0.2) is 40.6 Å². The summed E-state index contributed by atoms with van der Waals surface area (Å²) in [5, 5.41) is 0. The van der Waals surface area contributed by atoms with Crippen LogP contribution in [0.25, 0.3) is 0 Å². The van der Waals surface area contributed by atoms with E-state index in [4.69, 9.17) is 9.73 Å². The highest BCUT2D eigenvalue weighted by Gasteiger charge is 2.40. The molecule has 3 fully saturated rings. The SMILES string of the molecule is CCN(CC)C1C=CC(/C=C2/OC(=NC3CCCCC3)N(C3CCCCC3)C2=O)=CC1. The largest absolute Gasteiger partial charge is 0.420 e. The summed E-state index contributed by atoms with van der Waals surface area (Å²) < 4.78 is 6.16. The van der Waals surface area contributed by atoms with Crippen molar-refractivity contribution in [2.75, 3.05) is 13.1 Å². The monoisotopic (exact) mass is 425 g/mol. The number of hydrogen-bond acceptors (Lipinski definition) is 4. The molecule has 0 aromatic carbocycles. The van der Waals surface area contributed by atoms with Crippen molar-refractivity contribution in [2.24, 2.45) is 4.99 Å². The number of likely N-dealkylation sites (N-methyl/N-ethyl adjacent to an activating group) is 1. The van der Waals surface area contributed by atoms with Crippen molar-refractivity contribution in [3.05, 3.63) is 35.6 Å². The molecule has 0 radical (unpaired) electrons. The Morgan fingerprint density at radius 2 is 1.74 bits per heavy atom. The van der Waals surface area contributed by atoms with E-state index in [1.807, 2.05) is 11.0 Å². The third kappa shape index (κ3) is 5.31. The maximum Gasteiger partial charge on any atom is 0.300 e. The highest BCUT2D eigenvalue weighted by atomic mass is 16.5. The number of nitrogens with zero attached hydrogens (tertiary/aromatic N) is 3. The number of allylic oxidation sites excluding steroid dienone is 3. The van der Waals surface area contributed by atoms with Gasteiger partial charge in [-0.25, -0.2) is 4.99 Å². The van der Waals surface area contributed by atoms with Gasteiger partial charge in [0, 0.05) is 12.1 Å². The number of amides is 1. The zero-order valence-corrected chi connectivity index (χ0v) is 19.4. The van der Waals surface area contributed by atoms with E-state index in [2.05, 4.69) is 37.0 Å². The van der Waals surface area contributed by atoms with E-state index >= 15 is 0 Å². The number of carbonyl (C=O) groups excluding carboxylic acids is 1. The normalized spacial score (nSPS) is 28.6. The lowest BCUT2D eigenvalue weighted by Gasteiger charge is -2.29. The smallest absolute Gasteiger partial charge is 0.300 e. The van der Waals surface area contributed by atoms with Crippen LogP contribution in [-0.4, -0.2) is 52.9 Å². The molecule has 170 valence electrons. The Morgan fingerprint density at radius 3 is 2.35 bits per heavy atom. The highest BCUT2D eigenvalue weighted by Crippen LogP contribution is 2.31. The van der Waals surface area contributed by atoms with Crippen molar-refractivity contribution in [1.29, 1.82) is 0 Å². The summed E-state index contributed by atoms with van der Waals surface area (Å²) in [4.78, 5) is 22.7. The molecule has 1 amide bonds. The molecule has 1 unspecified atom stereocenters. The molecule has 5 heteroatoms. The summed E-state index contributed by atoms with van der Waals surface area (Å²) in [6, 6.07) is 1.54. The summed E-state index contributed by atoms with van der Waals surface area (Å²) in [5.74, 6) is 0.443. The van der Waals surface area contributed by atoms with Crippen molar-refractivity contribution in [1.82, 2.24) is 9.80 Å². The number of amidine groups is 1. The first-order valence-electron chi connectivity index (χ1n) is 12.6. The Morgan fingerprint density at radius 1 is 1.06 bits per heavy atom. The van der Waals surface area contributed by atoms with Crippen LogP contribution >= 0.6 is 0 Å². The van der Waals surface area contributed by atoms with Crippen molar-refractivity contribution >= 4 is 11.9 Å². The van der Waals surface area contributed by atoms with Gasteiger partial charge in [-0.3, -0.25) is 14.6 Å². The van der Waals surface area contributed by atoms with Gasteiger partial charge >= 0.3 is 6.02 Å². The minimum atomic E-state index is 0.00151. The molecule has 3 aliphatic carbocycles. The van der Waals surface area contributed by atoms with Gasteiger partial charge in [0.05, 0.1) is 6.04 Å². The fraction of sp³-hybridized carbons (Fsp3) is 0.692. The second kappa shape index (κ2) is 10.6. The number of hydrogen-bond donors (Lipinski definition) is 0. The highest BCUT2D eigenvalue weighted by molar-refractivity contribution is 6.09. The van der Waals surface area contributed by atoms with Gasteiger partial charge in [-0.1, -0.05) is 70.6 Å². The summed E-state index contributed by atoms with van der Waals surface area (Å²) in [5.41, 5.74) is 1.06. The molecule has 1 atom stereocenters. The average Bonchev–Trinajstić information content (AvgIpc) is 3.11. The Labute approximate surface area is 187 Å². The van der Waals surface area contributed by atoms with Gasteiger partial charge in [0.1, 0.15) is 0 Å². The third-order valence-electron chi connectivity index (χ3n) is 7.33. The van der Waals surface area contributed by atoms with Crippen molar-refractivity contribution < 1.29 is 9.53 Å². The second-order valence-corrected chi connectivity index (χ2v) is 9.37.